The van der Waals surface area contributed by atoms with E-state index >= 15 is 0 Å². The number of pyridine rings is 2. The van der Waals surface area contributed by atoms with Crippen molar-refractivity contribution in [3.05, 3.63) is 138 Å². The summed E-state index contributed by atoms with van der Waals surface area (Å²) in [5.74, 6) is 5.95. The topological polar surface area (TPSA) is 38.9 Å². The van der Waals surface area contributed by atoms with Gasteiger partial charge >= 0.3 is 99.8 Å². The van der Waals surface area contributed by atoms with Crippen LogP contribution < -0.4 is 4.40 Å². The van der Waals surface area contributed by atoms with Gasteiger partial charge in [-0.3, -0.25) is 0 Å². The summed E-state index contributed by atoms with van der Waals surface area (Å²) in [4.78, 5) is 9.05. The van der Waals surface area contributed by atoms with E-state index in [0.717, 1.165) is 62.0 Å². The molecule has 247 valence electrons. The van der Waals surface area contributed by atoms with Gasteiger partial charge in [0.25, 0.3) is 0 Å². The molecular formula is C43H44GeIrN2O-2. The van der Waals surface area contributed by atoms with Crippen LogP contribution in [0.15, 0.2) is 114 Å². The second-order valence-corrected chi connectivity index (χ2v) is 24.4. The summed E-state index contributed by atoms with van der Waals surface area (Å²) in [6.07, 6.45) is 13.3. The third-order valence-corrected chi connectivity index (χ3v) is 13.0. The van der Waals surface area contributed by atoms with Crippen LogP contribution in [0.5, 0.6) is 0 Å². The average molecular weight is 872 g/mol. The van der Waals surface area contributed by atoms with Crippen molar-refractivity contribution in [1.82, 2.24) is 9.97 Å². The van der Waals surface area contributed by atoms with Gasteiger partial charge in [0.2, 0.25) is 0 Å². The summed E-state index contributed by atoms with van der Waals surface area (Å²) in [5, 5.41) is 2.02. The molecule has 0 amide bonds. The SMILES string of the molecule is [2H]C(C)(C)c1ccnc(-c2[c-]cc3c(c2)oc2c(C([2H])(C)C)cc(C4C=CC=CC4)cc23)c1.[CH3][Ge]([CH3])([CH3])[c]1ccc(-c2[c-]cccc2)nc1.[Ir]. The van der Waals surface area contributed by atoms with E-state index in [1.165, 1.54) is 9.96 Å². The molecule has 0 saturated carbocycles. The third kappa shape index (κ3) is 8.00. The Morgan fingerprint density at radius 2 is 1.69 bits per heavy atom. The molecule has 6 aromatic rings. The van der Waals surface area contributed by atoms with Crippen LogP contribution in [0.25, 0.3) is 44.5 Å². The number of hydrogen-bond donors (Lipinski definition) is 0. The molecule has 1 radical (unpaired) electrons. The van der Waals surface area contributed by atoms with Gasteiger partial charge < -0.3 is 9.40 Å². The Morgan fingerprint density at radius 3 is 2.33 bits per heavy atom. The Hall–Kier alpha value is -3.57. The van der Waals surface area contributed by atoms with Crippen LogP contribution in [0.2, 0.25) is 17.3 Å². The van der Waals surface area contributed by atoms with Gasteiger partial charge in [0.05, 0.1) is 5.58 Å². The average Bonchev–Trinajstić information content (AvgIpc) is 3.45. The zero-order valence-electron chi connectivity index (χ0n) is 30.8. The minimum atomic E-state index is -1.72. The fourth-order valence-electron chi connectivity index (χ4n) is 5.84. The zero-order chi connectivity index (χ0) is 35.0. The maximum atomic E-state index is 8.77. The van der Waals surface area contributed by atoms with Crippen LogP contribution in [0, 0.1) is 12.1 Å². The van der Waals surface area contributed by atoms with Gasteiger partial charge in [-0.25, -0.2) is 0 Å². The molecule has 0 aliphatic heterocycles. The molecule has 0 bridgehead atoms. The van der Waals surface area contributed by atoms with Gasteiger partial charge in [0.1, 0.15) is 5.58 Å². The van der Waals surface area contributed by atoms with Gasteiger partial charge in [-0.1, -0.05) is 87.2 Å². The van der Waals surface area contributed by atoms with Gasteiger partial charge in [-0.2, -0.15) is 0 Å². The fourth-order valence-corrected chi connectivity index (χ4v) is 8.01. The summed E-state index contributed by atoms with van der Waals surface area (Å²) in [7, 11) is 0. The van der Waals surface area contributed by atoms with Crippen LogP contribution in [-0.2, 0) is 20.1 Å². The maximum Gasteiger partial charge on any atom is 0 e. The standard InChI is InChI=1S/C29H28NO.C14H16GeN.Ir/c1-18(2)21-12-13-30-27(16-21)22-10-11-24-26-15-23(20-8-6-5-7-9-20)14-25(19(3)4)29(26)31-28(24)17-22;1-15(2,3)13-9-10-14(16-11-13)12-7-5-4-6-8-12;/h5-8,11-20H,9H2,1-4H3;4-7,9-11H,1-3H3;/q2*-1;/i18D,19D;;. The van der Waals surface area contributed by atoms with Crippen molar-refractivity contribution in [2.75, 3.05) is 0 Å². The van der Waals surface area contributed by atoms with Gasteiger partial charge in [-0.05, 0) is 46.5 Å². The smallest absolute Gasteiger partial charge is 0 e. The van der Waals surface area contributed by atoms with E-state index in [4.69, 9.17) is 7.16 Å². The molecule has 0 fully saturated rings. The van der Waals surface area contributed by atoms with Crippen molar-refractivity contribution in [3.63, 3.8) is 0 Å². The quantitative estimate of drug-likeness (QED) is 0.124. The molecule has 3 nitrogen and oxygen atoms in total. The number of nitrogens with zero attached hydrogens (tertiary/aromatic N) is 2. The Balaban J connectivity index is 0.000000241. The summed E-state index contributed by atoms with van der Waals surface area (Å²) >= 11 is -1.72. The molecular weight excluding hydrogens is 825 g/mol. The van der Waals surface area contributed by atoms with E-state index in [0.29, 0.717) is 5.92 Å². The van der Waals surface area contributed by atoms with Gasteiger partial charge in [0, 0.05) is 35.0 Å². The maximum absolute atomic E-state index is 8.77. The van der Waals surface area contributed by atoms with E-state index in [9.17, 15) is 0 Å². The summed E-state index contributed by atoms with van der Waals surface area (Å²) in [6, 6.07) is 31.0. The van der Waals surface area contributed by atoms with Gasteiger partial charge in [0.15, 0.2) is 0 Å². The summed E-state index contributed by atoms with van der Waals surface area (Å²) < 4.78 is 24.9. The van der Waals surface area contributed by atoms with E-state index < -0.39 is 25.1 Å². The zero-order valence-corrected chi connectivity index (χ0v) is 33.3. The van der Waals surface area contributed by atoms with Crippen molar-refractivity contribution in [1.29, 1.82) is 0 Å². The Morgan fingerprint density at radius 1 is 0.854 bits per heavy atom. The van der Waals surface area contributed by atoms with Crippen molar-refractivity contribution in [2.45, 2.75) is 69.1 Å². The molecule has 0 saturated heterocycles. The van der Waals surface area contributed by atoms with Crippen LogP contribution in [0.1, 0.15) is 71.3 Å². The first-order chi connectivity index (χ1) is 23.2. The molecule has 1 aliphatic carbocycles. The Bertz CT molecular complexity index is 2150. The number of hydrogen-bond acceptors (Lipinski definition) is 3. The van der Waals surface area contributed by atoms with Crippen molar-refractivity contribution in [2.24, 2.45) is 0 Å². The van der Waals surface area contributed by atoms with Crippen LogP contribution in [0.4, 0.5) is 0 Å². The predicted molar refractivity (Wildman–Crippen MR) is 201 cm³/mol. The molecule has 48 heavy (non-hydrogen) atoms. The first-order valence-corrected chi connectivity index (χ1v) is 23.7. The molecule has 5 heteroatoms. The fraction of sp³-hybridized carbons (Fsp3) is 0.256. The molecule has 0 spiro atoms. The molecule has 1 unspecified atom stereocenters. The van der Waals surface area contributed by atoms with E-state index in [1.54, 1.807) is 6.20 Å². The molecule has 3 aromatic carbocycles. The van der Waals surface area contributed by atoms with Gasteiger partial charge in [-0.15, -0.1) is 17.7 Å². The predicted octanol–water partition coefficient (Wildman–Crippen LogP) is 11.4. The number of fused-ring (bicyclic) bond motifs is 3. The second kappa shape index (κ2) is 15.3. The van der Waals surface area contributed by atoms with Crippen LogP contribution in [0.3, 0.4) is 0 Å². The largest absolute Gasteiger partial charge is 0 e. The first kappa shape index (κ1) is 33.0. The van der Waals surface area contributed by atoms with Crippen LogP contribution >= 0.6 is 0 Å². The first-order valence-electron chi connectivity index (χ1n) is 17.3. The van der Waals surface area contributed by atoms with Crippen molar-refractivity contribution < 1.29 is 27.3 Å². The number of rotatable bonds is 6. The molecule has 1 atom stereocenters. The Labute approximate surface area is 305 Å². The van der Waals surface area contributed by atoms with Crippen molar-refractivity contribution >= 4 is 39.6 Å². The van der Waals surface area contributed by atoms with Crippen molar-refractivity contribution in [3.8, 4) is 22.5 Å². The molecule has 3 heterocycles. The number of allylic oxidation sites excluding steroid dienone is 4. The monoisotopic (exact) mass is 873 g/mol. The van der Waals surface area contributed by atoms with E-state index in [-0.39, 0.29) is 20.1 Å². The normalized spacial score (nSPS) is 15.4. The summed E-state index contributed by atoms with van der Waals surface area (Å²) in [6.45, 7) is 7.56. The molecule has 7 rings (SSSR count). The van der Waals surface area contributed by atoms with Crippen LogP contribution in [-0.4, -0.2) is 23.2 Å². The second-order valence-electron chi connectivity index (χ2n) is 13.7. The molecule has 3 aromatic heterocycles. The molecule has 0 N–H and O–H groups in total. The minimum absolute atomic E-state index is 0. The number of aromatic nitrogens is 2. The van der Waals surface area contributed by atoms with E-state index in [2.05, 4.69) is 87.9 Å². The number of benzene rings is 3. The van der Waals surface area contributed by atoms with E-state index in [1.807, 2.05) is 82.4 Å². The Kier molecular flexibility index (Phi) is 10.5. The summed E-state index contributed by atoms with van der Waals surface area (Å²) in [5.41, 5.74) is 8.22. The molecule has 1 aliphatic rings. The minimum Gasteiger partial charge on any atom is 0 e. The number of furan rings is 1. The third-order valence-electron chi connectivity index (χ3n) is 8.70.